The number of halogens is 2. The molecule has 0 aliphatic rings. The van der Waals surface area contributed by atoms with Gasteiger partial charge >= 0.3 is 11.9 Å². The molecular formula is C18H18BrIO4. The molecular weight excluding hydrogens is 487 g/mol. The van der Waals surface area contributed by atoms with Crippen LogP contribution in [-0.4, -0.2) is 23.7 Å². The van der Waals surface area contributed by atoms with Gasteiger partial charge in [-0.1, -0.05) is 62.8 Å². The van der Waals surface area contributed by atoms with Crippen molar-refractivity contribution in [1.29, 1.82) is 0 Å². The summed E-state index contributed by atoms with van der Waals surface area (Å²) < 4.78 is 5.82. The number of rotatable bonds is 5. The van der Waals surface area contributed by atoms with Crippen molar-refractivity contribution in [3.8, 4) is 0 Å². The standard InChI is InChI=1S/C10H11IO2.C8H7BrO2/c1-2-13-10(12)9-5-3-8(7-11)4-6-9;9-5-6-1-3-7(4-2-6)8(10)11/h3-6H,2,7H2,1H3;1-4H,5H2,(H,10,11). The highest BCUT2D eigenvalue weighted by atomic mass is 127. The van der Waals surface area contributed by atoms with E-state index in [1.54, 1.807) is 43.3 Å². The van der Waals surface area contributed by atoms with Gasteiger partial charge in [-0.25, -0.2) is 9.59 Å². The molecule has 0 radical (unpaired) electrons. The highest BCUT2D eigenvalue weighted by Crippen LogP contribution is 2.09. The summed E-state index contributed by atoms with van der Waals surface area (Å²) in [6, 6.07) is 14.3. The maximum Gasteiger partial charge on any atom is 0.338 e. The highest BCUT2D eigenvalue weighted by molar-refractivity contribution is 14.1. The summed E-state index contributed by atoms with van der Waals surface area (Å²) in [5.74, 6) is -1.13. The molecule has 0 aliphatic carbocycles. The van der Waals surface area contributed by atoms with Crippen LogP contribution in [0.3, 0.4) is 0 Å². The Balaban J connectivity index is 0.000000243. The van der Waals surface area contributed by atoms with Crippen LogP contribution in [0.15, 0.2) is 48.5 Å². The predicted molar refractivity (Wildman–Crippen MR) is 106 cm³/mol. The Morgan fingerprint density at radius 2 is 1.50 bits per heavy atom. The molecule has 0 unspecified atom stereocenters. The molecule has 0 aliphatic heterocycles. The molecule has 0 saturated carbocycles. The fourth-order valence-corrected chi connectivity index (χ4v) is 2.56. The Kier molecular flexibility index (Phi) is 9.63. The topological polar surface area (TPSA) is 63.6 Å². The Morgan fingerprint density at radius 1 is 1.00 bits per heavy atom. The van der Waals surface area contributed by atoms with E-state index in [9.17, 15) is 9.59 Å². The minimum absolute atomic E-state index is 0.248. The maximum atomic E-state index is 11.2. The van der Waals surface area contributed by atoms with Crippen LogP contribution in [0.2, 0.25) is 0 Å². The number of hydrogen-bond donors (Lipinski definition) is 1. The normalized spacial score (nSPS) is 9.62. The van der Waals surface area contributed by atoms with Crippen molar-refractivity contribution in [2.45, 2.75) is 16.7 Å². The highest BCUT2D eigenvalue weighted by Gasteiger charge is 2.04. The van der Waals surface area contributed by atoms with Gasteiger partial charge in [-0.15, -0.1) is 0 Å². The van der Waals surface area contributed by atoms with Gasteiger partial charge in [0.1, 0.15) is 0 Å². The predicted octanol–water partition coefficient (Wildman–Crippen LogP) is 5.08. The first kappa shape index (κ1) is 20.6. The van der Waals surface area contributed by atoms with Gasteiger partial charge in [-0.3, -0.25) is 0 Å². The number of benzene rings is 2. The van der Waals surface area contributed by atoms with Crippen molar-refractivity contribution >= 4 is 50.5 Å². The van der Waals surface area contributed by atoms with E-state index in [0.29, 0.717) is 17.7 Å². The second-order valence-electron chi connectivity index (χ2n) is 4.69. The summed E-state index contributed by atoms with van der Waals surface area (Å²) in [5.41, 5.74) is 3.24. The molecule has 2 aromatic carbocycles. The third kappa shape index (κ3) is 7.00. The zero-order chi connectivity index (χ0) is 17.9. The van der Waals surface area contributed by atoms with Crippen LogP contribution in [0.1, 0.15) is 38.8 Å². The van der Waals surface area contributed by atoms with E-state index in [-0.39, 0.29) is 5.97 Å². The molecule has 0 bridgehead atoms. The number of hydrogen-bond acceptors (Lipinski definition) is 3. The van der Waals surface area contributed by atoms with Crippen molar-refractivity contribution in [3.05, 3.63) is 70.8 Å². The van der Waals surface area contributed by atoms with Crippen molar-refractivity contribution in [1.82, 2.24) is 0 Å². The van der Waals surface area contributed by atoms with Gasteiger partial charge in [0.2, 0.25) is 0 Å². The number of carbonyl (C=O) groups excluding carboxylic acids is 1. The van der Waals surface area contributed by atoms with Crippen molar-refractivity contribution < 1.29 is 19.4 Å². The molecule has 1 N–H and O–H groups in total. The molecule has 0 fully saturated rings. The molecule has 0 atom stereocenters. The zero-order valence-corrected chi connectivity index (χ0v) is 16.9. The van der Waals surface area contributed by atoms with Gasteiger partial charge in [0.25, 0.3) is 0 Å². The summed E-state index contributed by atoms with van der Waals surface area (Å²) in [6.07, 6.45) is 0. The van der Waals surface area contributed by atoms with E-state index in [4.69, 9.17) is 9.84 Å². The average molecular weight is 505 g/mol. The fourth-order valence-electron chi connectivity index (χ4n) is 1.68. The third-order valence-corrected chi connectivity index (χ3v) is 4.50. The zero-order valence-electron chi connectivity index (χ0n) is 13.2. The van der Waals surface area contributed by atoms with E-state index in [0.717, 1.165) is 15.3 Å². The lowest BCUT2D eigenvalue weighted by Gasteiger charge is -2.01. The van der Waals surface area contributed by atoms with Gasteiger partial charge in [0, 0.05) is 9.76 Å². The fraction of sp³-hybridized carbons (Fsp3) is 0.222. The number of esters is 1. The Bertz CT molecular complexity index is 654. The van der Waals surface area contributed by atoms with E-state index in [1.165, 1.54) is 5.56 Å². The minimum Gasteiger partial charge on any atom is -0.478 e. The van der Waals surface area contributed by atoms with Crippen LogP contribution >= 0.6 is 38.5 Å². The van der Waals surface area contributed by atoms with Crippen LogP contribution in [0.4, 0.5) is 0 Å². The molecule has 0 saturated heterocycles. The number of ether oxygens (including phenoxy) is 1. The van der Waals surface area contributed by atoms with E-state index >= 15 is 0 Å². The van der Waals surface area contributed by atoms with E-state index in [2.05, 4.69) is 38.5 Å². The van der Waals surface area contributed by atoms with Crippen LogP contribution in [0.25, 0.3) is 0 Å². The minimum atomic E-state index is -0.883. The van der Waals surface area contributed by atoms with E-state index < -0.39 is 5.97 Å². The first-order valence-corrected chi connectivity index (χ1v) is 9.86. The van der Waals surface area contributed by atoms with Crippen molar-refractivity contribution in [3.63, 3.8) is 0 Å². The number of alkyl halides is 2. The third-order valence-electron chi connectivity index (χ3n) is 2.97. The Hall–Kier alpha value is -1.41. The lowest BCUT2D eigenvalue weighted by molar-refractivity contribution is 0.0526. The molecule has 128 valence electrons. The molecule has 2 aromatic rings. The summed E-state index contributed by atoms with van der Waals surface area (Å²) >= 11 is 5.55. The second kappa shape index (κ2) is 11.2. The van der Waals surface area contributed by atoms with Crippen molar-refractivity contribution in [2.24, 2.45) is 0 Å². The molecule has 0 amide bonds. The van der Waals surface area contributed by atoms with Crippen LogP contribution in [-0.2, 0) is 14.5 Å². The summed E-state index contributed by atoms with van der Waals surface area (Å²) in [4.78, 5) is 21.6. The first-order valence-electron chi connectivity index (χ1n) is 7.22. The molecule has 6 heteroatoms. The van der Waals surface area contributed by atoms with Gasteiger partial charge < -0.3 is 9.84 Å². The van der Waals surface area contributed by atoms with Crippen LogP contribution < -0.4 is 0 Å². The molecule has 0 aromatic heterocycles. The quantitative estimate of drug-likeness (QED) is 0.350. The Labute approximate surface area is 163 Å². The number of aromatic carboxylic acids is 1. The van der Waals surface area contributed by atoms with E-state index in [1.807, 2.05) is 12.1 Å². The van der Waals surface area contributed by atoms with Gasteiger partial charge in [-0.2, -0.15) is 0 Å². The summed E-state index contributed by atoms with van der Waals surface area (Å²) in [6.45, 7) is 2.23. The lowest BCUT2D eigenvalue weighted by atomic mass is 10.1. The average Bonchev–Trinajstić information content (AvgIpc) is 2.62. The molecule has 24 heavy (non-hydrogen) atoms. The molecule has 4 nitrogen and oxygen atoms in total. The first-order chi connectivity index (χ1) is 11.5. The monoisotopic (exact) mass is 504 g/mol. The molecule has 0 heterocycles. The van der Waals surface area contributed by atoms with Crippen molar-refractivity contribution in [2.75, 3.05) is 6.61 Å². The number of carboxylic acids is 1. The smallest absolute Gasteiger partial charge is 0.338 e. The van der Waals surface area contributed by atoms with Crippen LogP contribution in [0, 0.1) is 0 Å². The van der Waals surface area contributed by atoms with Gasteiger partial charge in [-0.05, 0) is 42.3 Å². The summed E-state index contributed by atoms with van der Waals surface area (Å²) in [7, 11) is 0. The van der Waals surface area contributed by atoms with Gasteiger partial charge in [0.05, 0.1) is 17.7 Å². The van der Waals surface area contributed by atoms with Crippen LogP contribution in [0.5, 0.6) is 0 Å². The second-order valence-corrected chi connectivity index (χ2v) is 6.01. The molecule has 2 rings (SSSR count). The largest absolute Gasteiger partial charge is 0.478 e. The lowest BCUT2D eigenvalue weighted by Crippen LogP contribution is -2.04. The summed E-state index contributed by atoms with van der Waals surface area (Å²) in [5, 5.41) is 9.29. The number of carbonyl (C=O) groups is 2. The SMILES string of the molecule is CCOC(=O)c1ccc(CI)cc1.O=C(O)c1ccc(CBr)cc1. The Morgan fingerprint density at radius 3 is 1.92 bits per heavy atom. The maximum absolute atomic E-state index is 11.2. The van der Waals surface area contributed by atoms with Gasteiger partial charge in [0.15, 0.2) is 0 Å². The molecule has 0 spiro atoms. The number of carboxylic acid groups (broad SMARTS) is 1.